The Morgan fingerprint density at radius 1 is 1.12 bits per heavy atom. The summed E-state index contributed by atoms with van der Waals surface area (Å²) < 4.78 is 45.6. The third-order valence-electron chi connectivity index (χ3n) is 1.53. The van der Waals surface area contributed by atoms with Gasteiger partial charge in [0, 0.05) is 22.5 Å². The molecule has 1 aromatic rings. The maximum Gasteiger partial charge on any atom is 0.0705 e. The van der Waals surface area contributed by atoms with Gasteiger partial charge < -0.3 is 24.3 Å². The van der Waals surface area contributed by atoms with Gasteiger partial charge in [-0.3, -0.25) is 8.42 Å². The van der Waals surface area contributed by atoms with E-state index in [1.54, 1.807) is 0 Å². The lowest BCUT2D eigenvalue weighted by Crippen LogP contribution is -2.08. The van der Waals surface area contributed by atoms with Gasteiger partial charge >= 0.3 is 0 Å². The normalized spacial score (nSPS) is 14.2. The number of anilines is 3. The smallest absolute Gasteiger partial charge is 0.0705 e. The maximum absolute atomic E-state index is 10.4. The van der Waals surface area contributed by atoms with Crippen LogP contribution in [0.4, 0.5) is 17.1 Å². The predicted molar refractivity (Wildman–Crippen MR) is 60.9 cm³/mol. The summed E-state index contributed by atoms with van der Waals surface area (Å²) in [5.74, 6) is 0. The lowest BCUT2D eigenvalue weighted by atomic mass is 10.2. The van der Waals surface area contributed by atoms with Crippen molar-refractivity contribution >= 4 is 51.2 Å². The molecule has 2 unspecified atom stereocenters. The van der Waals surface area contributed by atoms with Crippen LogP contribution in [-0.2, 0) is 22.5 Å². The second-order valence-electron chi connectivity index (χ2n) is 2.59. The second kappa shape index (κ2) is 5.46. The summed E-state index contributed by atoms with van der Waals surface area (Å²) in [6, 6.07) is 2.40. The summed E-state index contributed by atoms with van der Waals surface area (Å²) in [6.45, 7) is 0. The van der Waals surface area contributed by atoms with Crippen LogP contribution in [-0.4, -0.2) is 17.5 Å². The molecule has 0 aliphatic rings. The highest BCUT2D eigenvalue weighted by Crippen LogP contribution is 2.31. The quantitative estimate of drug-likeness (QED) is 0.541. The first-order valence-electron chi connectivity index (χ1n) is 3.71. The largest absolute Gasteiger partial charge is 0.755 e. The molecular weight excluding hydrogens is 278 g/mol. The lowest BCUT2D eigenvalue weighted by Gasteiger charge is -2.15. The average molecular weight is 284 g/mol. The summed E-state index contributed by atoms with van der Waals surface area (Å²) in [7, 11) is 0. The molecule has 4 N–H and O–H groups in total. The van der Waals surface area contributed by atoms with Gasteiger partial charge in [0.1, 0.15) is 0 Å². The van der Waals surface area contributed by atoms with Crippen molar-refractivity contribution in [1.29, 1.82) is 0 Å². The topological polar surface area (TPSA) is 130 Å². The van der Waals surface area contributed by atoms with E-state index < -0.39 is 22.5 Å². The third kappa shape index (κ3) is 3.61. The van der Waals surface area contributed by atoms with Crippen molar-refractivity contribution in [2.24, 2.45) is 0 Å². The van der Waals surface area contributed by atoms with Gasteiger partial charge in [0.05, 0.1) is 22.1 Å². The molecule has 1 rings (SSSR count). The Balaban J connectivity index is 3.10. The van der Waals surface area contributed by atoms with E-state index >= 15 is 0 Å². The molecule has 90 valence electrons. The monoisotopic (exact) mass is 283 g/mol. The number of rotatable bonds is 4. The average Bonchev–Trinajstić information content (AvgIpc) is 2.11. The van der Waals surface area contributed by atoms with Crippen molar-refractivity contribution in [2.75, 3.05) is 15.2 Å². The van der Waals surface area contributed by atoms with Gasteiger partial charge in [-0.15, -0.1) is 0 Å². The Hall–Kier alpha value is -0.870. The molecule has 0 fully saturated rings. The molecule has 0 radical (unpaired) electrons. The summed E-state index contributed by atoms with van der Waals surface area (Å²) in [5.41, 5.74) is 5.61. The van der Waals surface area contributed by atoms with Crippen LogP contribution in [0.15, 0.2) is 12.1 Å². The molecule has 0 aliphatic carbocycles. The van der Waals surface area contributed by atoms with E-state index in [0.717, 1.165) is 0 Å². The zero-order valence-corrected chi connectivity index (χ0v) is 9.95. The molecule has 0 amide bonds. The fourth-order valence-electron chi connectivity index (χ4n) is 0.935. The first-order chi connectivity index (χ1) is 7.40. The minimum Gasteiger partial charge on any atom is -0.755 e. The van der Waals surface area contributed by atoms with Gasteiger partial charge in [0.2, 0.25) is 0 Å². The van der Waals surface area contributed by atoms with Gasteiger partial charge in [-0.2, -0.15) is 0 Å². The van der Waals surface area contributed by atoms with Gasteiger partial charge in [0.25, 0.3) is 0 Å². The molecule has 0 saturated carbocycles. The van der Waals surface area contributed by atoms with E-state index in [2.05, 4.69) is 0 Å². The molecule has 0 saturated heterocycles. The van der Waals surface area contributed by atoms with E-state index in [4.69, 9.17) is 17.3 Å². The summed E-state index contributed by atoms with van der Waals surface area (Å²) in [4.78, 5) is 0. The number of nitrogens with one attached hydrogen (secondary N) is 2. The van der Waals surface area contributed by atoms with Crippen molar-refractivity contribution < 1.29 is 17.5 Å². The van der Waals surface area contributed by atoms with Crippen LogP contribution in [0.25, 0.3) is 0 Å². The lowest BCUT2D eigenvalue weighted by molar-refractivity contribution is 0.541. The molecule has 0 bridgehead atoms. The predicted octanol–water partition coefficient (Wildman–Crippen LogP) is 0.334. The molecular formula is C6H6ClN3O4S2-2. The number of hydrogen-bond donors (Lipinski definition) is 3. The Morgan fingerprint density at radius 2 is 1.62 bits per heavy atom. The van der Waals surface area contributed by atoms with Gasteiger partial charge in [-0.05, 0) is 12.1 Å². The molecule has 10 heteroatoms. The first-order valence-corrected chi connectivity index (χ1v) is 6.24. The van der Waals surface area contributed by atoms with E-state index in [9.17, 15) is 17.5 Å². The summed E-state index contributed by atoms with van der Waals surface area (Å²) in [5, 5.41) is 0.0592. The SMILES string of the molecule is Nc1cc(Cl)c(NS(=O)[O-])cc1NS(=O)[O-]. The highest BCUT2D eigenvalue weighted by molar-refractivity contribution is 7.80. The van der Waals surface area contributed by atoms with Crippen molar-refractivity contribution in [1.82, 2.24) is 0 Å². The number of nitrogens with two attached hydrogens (primary N) is 1. The Labute approximate surface area is 101 Å². The molecule has 2 atom stereocenters. The molecule has 7 nitrogen and oxygen atoms in total. The second-order valence-corrected chi connectivity index (χ2v) is 4.35. The molecule has 1 aromatic carbocycles. The van der Waals surface area contributed by atoms with Crippen LogP contribution < -0.4 is 15.2 Å². The number of benzene rings is 1. The number of hydrogen-bond acceptors (Lipinski definition) is 5. The van der Waals surface area contributed by atoms with Crippen molar-refractivity contribution in [2.45, 2.75) is 0 Å². The molecule has 0 aliphatic heterocycles. The third-order valence-corrected chi connectivity index (χ3v) is 2.61. The van der Waals surface area contributed by atoms with Crippen molar-refractivity contribution in [3.63, 3.8) is 0 Å². The van der Waals surface area contributed by atoms with E-state index in [1.807, 2.05) is 9.44 Å². The van der Waals surface area contributed by atoms with Crippen LogP contribution in [0.1, 0.15) is 0 Å². The molecule has 0 aromatic heterocycles. The zero-order valence-electron chi connectivity index (χ0n) is 7.56. The van der Waals surface area contributed by atoms with E-state index in [0.29, 0.717) is 0 Å². The standard InChI is InChI=1S/C6H8ClN3O4S2/c7-3-1-4(8)6(10-16(13)14)2-5(3)9-15(11)12/h1-2,9-10H,8H2,(H,11,12)(H,13,14)/p-2. The van der Waals surface area contributed by atoms with Crippen molar-refractivity contribution in [3.05, 3.63) is 17.2 Å². The minimum absolute atomic E-state index is 0.0251. The van der Waals surface area contributed by atoms with E-state index in [-0.39, 0.29) is 22.1 Å². The van der Waals surface area contributed by atoms with Crippen LogP contribution in [0.5, 0.6) is 0 Å². The van der Waals surface area contributed by atoms with Crippen LogP contribution >= 0.6 is 11.6 Å². The Morgan fingerprint density at radius 3 is 2.12 bits per heavy atom. The minimum atomic E-state index is -2.56. The molecule has 0 heterocycles. The Kier molecular flexibility index (Phi) is 4.50. The van der Waals surface area contributed by atoms with Gasteiger partial charge in [-0.25, -0.2) is 0 Å². The highest BCUT2D eigenvalue weighted by Gasteiger charge is 2.06. The molecule has 0 spiro atoms. The highest BCUT2D eigenvalue weighted by atomic mass is 35.5. The van der Waals surface area contributed by atoms with Crippen LogP contribution in [0.3, 0.4) is 0 Å². The van der Waals surface area contributed by atoms with Gasteiger partial charge in [0.15, 0.2) is 0 Å². The number of nitrogen functional groups attached to an aromatic ring is 1. The Bertz CT molecular complexity index is 418. The van der Waals surface area contributed by atoms with Crippen LogP contribution in [0, 0.1) is 0 Å². The maximum atomic E-state index is 10.4. The fourth-order valence-corrected chi connectivity index (χ4v) is 1.91. The fraction of sp³-hybridized carbons (Fsp3) is 0. The summed E-state index contributed by atoms with van der Waals surface area (Å²) in [6.07, 6.45) is 0. The number of halogens is 1. The first kappa shape index (κ1) is 13.2. The van der Waals surface area contributed by atoms with Gasteiger partial charge in [-0.1, -0.05) is 11.6 Å². The molecule has 16 heavy (non-hydrogen) atoms. The van der Waals surface area contributed by atoms with Crippen LogP contribution in [0.2, 0.25) is 5.02 Å². The summed E-state index contributed by atoms with van der Waals surface area (Å²) >= 11 is 0.564. The zero-order chi connectivity index (χ0) is 12.3. The van der Waals surface area contributed by atoms with E-state index in [1.165, 1.54) is 12.1 Å². The van der Waals surface area contributed by atoms with Crippen molar-refractivity contribution in [3.8, 4) is 0 Å².